The van der Waals surface area contributed by atoms with Crippen molar-refractivity contribution in [1.29, 1.82) is 0 Å². The van der Waals surface area contributed by atoms with Crippen molar-refractivity contribution >= 4 is 35.4 Å². The van der Waals surface area contributed by atoms with Crippen molar-refractivity contribution in [2.45, 2.75) is 194 Å². The van der Waals surface area contributed by atoms with Crippen LogP contribution in [0.1, 0.15) is 139 Å². The van der Waals surface area contributed by atoms with Crippen molar-refractivity contribution < 1.29 is 64.1 Å². The molecule has 1 aromatic carbocycles. The maximum Gasteiger partial charge on any atom is 0.322 e. The molecule has 0 bridgehead atoms. The minimum Gasteiger partial charge on any atom is -0.508 e. The third-order valence-corrected chi connectivity index (χ3v) is 16.0. The Bertz CT molecular complexity index is 2350. The summed E-state index contributed by atoms with van der Waals surface area (Å²) in [5, 5.41) is 74.4. The molecular formula is C60H91N5O13. The van der Waals surface area contributed by atoms with E-state index in [-0.39, 0.29) is 79.4 Å². The molecule has 0 saturated carbocycles. The number of carboxylic acids is 1. The molecule has 18 heteroatoms. The molecule has 2 saturated heterocycles. The number of aromatic hydroxyl groups is 1. The molecule has 4 rings (SSSR count). The number of nitrogens with zero attached hydrogens (tertiary/aromatic N) is 1. The number of nitrogens with one attached hydrogen (secondary N) is 4. The van der Waals surface area contributed by atoms with Gasteiger partial charge in [0.2, 0.25) is 17.7 Å². The van der Waals surface area contributed by atoms with E-state index >= 15 is 0 Å². The number of amides is 4. The highest BCUT2D eigenvalue weighted by molar-refractivity contribution is 5.93. The number of benzene rings is 1. The lowest BCUT2D eigenvalue weighted by molar-refractivity contribution is -0.179. The number of ether oxygens (including phenoxy) is 1. The Hall–Kier alpha value is -5.50. The molecule has 3 heterocycles. The lowest BCUT2D eigenvalue weighted by Gasteiger charge is -2.51. The summed E-state index contributed by atoms with van der Waals surface area (Å²) in [6.07, 6.45) is 14.2. The van der Waals surface area contributed by atoms with Gasteiger partial charge in [0.25, 0.3) is 5.91 Å². The van der Waals surface area contributed by atoms with Crippen LogP contribution in [0.25, 0.3) is 0 Å². The summed E-state index contributed by atoms with van der Waals surface area (Å²) in [6.45, 7) is 18.6. The number of ketones is 1. The van der Waals surface area contributed by atoms with Crippen molar-refractivity contribution in [3.63, 3.8) is 0 Å². The van der Waals surface area contributed by atoms with Gasteiger partial charge in [-0.2, -0.15) is 0 Å². The van der Waals surface area contributed by atoms with Crippen molar-refractivity contribution in [2.75, 3.05) is 6.54 Å². The van der Waals surface area contributed by atoms with Crippen LogP contribution in [-0.2, 0) is 39.9 Å². The van der Waals surface area contributed by atoms with Gasteiger partial charge >= 0.3 is 5.97 Å². The van der Waals surface area contributed by atoms with Gasteiger partial charge in [0.1, 0.15) is 29.7 Å². The van der Waals surface area contributed by atoms with Crippen LogP contribution in [0.3, 0.4) is 0 Å². The molecule has 3 aliphatic heterocycles. The first kappa shape index (κ1) is 65.0. The molecule has 0 aromatic heterocycles. The average molecular weight is 1090 g/mol. The molecule has 1 spiro atoms. The van der Waals surface area contributed by atoms with Gasteiger partial charge in [-0.05, 0) is 113 Å². The molecule has 0 aliphatic carbocycles. The second kappa shape index (κ2) is 30.8. The van der Waals surface area contributed by atoms with Crippen molar-refractivity contribution in [2.24, 2.45) is 41.4 Å². The molecule has 18 nitrogen and oxygen atoms in total. The maximum atomic E-state index is 14.1. The molecule has 0 radical (unpaired) electrons. The van der Waals surface area contributed by atoms with Gasteiger partial charge < -0.3 is 56.1 Å². The summed E-state index contributed by atoms with van der Waals surface area (Å²) in [5.74, 6) is -6.02. The fraction of sp³-hybridized carbons (Fsp3) is 0.633. The highest BCUT2D eigenvalue weighted by atomic mass is 16.5. The fourth-order valence-corrected chi connectivity index (χ4v) is 10.6. The van der Waals surface area contributed by atoms with Gasteiger partial charge in [-0.25, -0.2) is 5.43 Å². The number of carbonyl (C=O) groups excluding carboxylic acids is 5. The van der Waals surface area contributed by atoms with Crippen LogP contribution in [0.2, 0.25) is 0 Å². The smallest absolute Gasteiger partial charge is 0.322 e. The normalized spacial score (nSPS) is 25.7. The highest BCUT2D eigenvalue weighted by Crippen LogP contribution is 2.43. The van der Waals surface area contributed by atoms with Crippen LogP contribution in [0.15, 0.2) is 84.0 Å². The zero-order valence-electron chi connectivity index (χ0n) is 47.6. The van der Waals surface area contributed by atoms with Gasteiger partial charge in [0.05, 0.1) is 36.4 Å². The van der Waals surface area contributed by atoms with E-state index in [1.54, 1.807) is 51.1 Å². The number of aliphatic carboxylic acids is 1. The lowest BCUT2D eigenvalue weighted by atomic mass is 9.75. The monoisotopic (exact) mass is 1090 g/mol. The van der Waals surface area contributed by atoms with Crippen LogP contribution < -0.4 is 21.4 Å². The summed E-state index contributed by atoms with van der Waals surface area (Å²) in [7, 11) is 0. The molecule has 0 unspecified atom stereocenters. The number of hydrazine groups is 1. The van der Waals surface area contributed by atoms with Crippen molar-refractivity contribution in [1.82, 2.24) is 26.4 Å². The number of allylic oxidation sites excluding steroid dienone is 5. The Morgan fingerprint density at radius 2 is 1.68 bits per heavy atom. The van der Waals surface area contributed by atoms with Gasteiger partial charge in [0, 0.05) is 49.5 Å². The predicted molar refractivity (Wildman–Crippen MR) is 298 cm³/mol. The van der Waals surface area contributed by atoms with Gasteiger partial charge in [-0.15, -0.1) is 0 Å². The molecule has 78 heavy (non-hydrogen) atoms. The molecule has 3 aliphatic rings. The number of carbonyl (C=O) groups is 6. The molecule has 10 N–H and O–H groups in total. The predicted octanol–water partition coefficient (Wildman–Crippen LogP) is 5.88. The standard InChI is InChI=1S/C60H91N5O13/c1-11-44-31-40(8)60(63-55(44)72)39(7)30-38(6)52(78-60)34-51(70)37(5)21-15-12-14-20-36(4)49(68)25-16-13-17-26-50(69)42(10)54(71)46(28-27-41(9)66)56(73)62-53(35(2)3)57(74)61-48(33-43-22-18-23-45(67)32-43)58(75)65-29-19-24-47(64-65)59(76)77/h12-14,16-18,20,22-23,26,30,32,35,37-38,40,42,44,46-54,64,67-71H,11,15,19,21,24-25,27-29,31,33-34H2,1-10H3,(H,61,74)(H,62,73)(H,63,72)(H,76,77)/t37-,38+,40-,42-,44-,46+,47-,48-,49-,50+,51-,52-,53-,54+,60-/m0/s1. The summed E-state index contributed by atoms with van der Waals surface area (Å²) in [4.78, 5) is 78.9. The van der Waals surface area contributed by atoms with Crippen LogP contribution in [0, 0.1) is 41.4 Å². The summed E-state index contributed by atoms with van der Waals surface area (Å²) in [5.41, 5.74) is 4.12. The van der Waals surface area contributed by atoms with Gasteiger partial charge in [0.15, 0.2) is 5.72 Å². The number of hydrogen-bond donors (Lipinski definition) is 10. The van der Waals surface area contributed by atoms with E-state index in [0.29, 0.717) is 24.8 Å². The first-order valence-corrected chi connectivity index (χ1v) is 28.1. The third-order valence-electron chi connectivity index (χ3n) is 16.0. The van der Waals surface area contributed by atoms with E-state index < -0.39 is 89.7 Å². The van der Waals surface area contributed by atoms with E-state index in [2.05, 4.69) is 41.3 Å². The number of piperidine rings is 1. The lowest BCUT2D eigenvalue weighted by Crippen LogP contribution is -2.64. The minimum atomic E-state index is -1.46. The Balaban J connectivity index is 1.30. The number of phenolic OH excluding ortho intramolecular Hbond substituents is 1. The summed E-state index contributed by atoms with van der Waals surface area (Å²) in [6, 6.07) is 2.65. The van der Waals surface area contributed by atoms with Gasteiger partial charge in [-0.1, -0.05) is 109 Å². The summed E-state index contributed by atoms with van der Waals surface area (Å²) >= 11 is 0. The fourth-order valence-electron chi connectivity index (χ4n) is 10.6. The second-order valence-corrected chi connectivity index (χ2v) is 22.6. The Morgan fingerprint density at radius 1 is 0.962 bits per heavy atom. The quantitative estimate of drug-likeness (QED) is 0.0347. The van der Waals surface area contributed by atoms with E-state index in [0.717, 1.165) is 41.8 Å². The number of aliphatic hydroxyl groups is 4. The van der Waals surface area contributed by atoms with E-state index in [1.807, 2.05) is 45.9 Å². The molecule has 2 fully saturated rings. The van der Waals surface area contributed by atoms with E-state index in [4.69, 9.17) is 4.74 Å². The maximum absolute atomic E-state index is 14.1. The molecular weight excluding hydrogens is 999 g/mol. The first-order chi connectivity index (χ1) is 36.8. The number of aliphatic hydroxyl groups excluding tert-OH is 4. The zero-order valence-corrected chi connectivity index (χ0v) is 47.6. The molecule has 1 aromatic rings. The second-order valence-electron chi connectivity index (χ2n) is 22.6. The van der Waals surface area contributed by atoms with Gasteiger partial charge in [-0.3, -0.25) is 29.0 Å². The number of hydrogen-bond acceptors (Lipinski definition) is 13. The first-order valence-electron chi connectivity index (χ1n) is 28.1. The Kier molecular flexibility index (Phi) is 25.6. The molecule has 15 atom stereocenters. The van der Waals surface area contributed by atoms with E-state index in [1.165, 1.54) is 25.1 Å². The number of phenols is 1. The number of rotatable bonds is 28. The minimum absolute atomic E-state index is 0.00289. The van der Waals surface area contributed by atoms with Crippen molar-refractivity contribution in [3.8, 4) is 5.75 Å². The largest absolute Gasteiger partial charge is 0.508 e. The van der Waals surface area contributed by atoms with E-state index in [9.17, 15) is 59.4 Å². The molecule has 434 valence electrons. The van der Waals surface area contributed by atoms with Crippen LogP contribution in [0.4, 0.5) is 0 Å². The number of Topliss-reactive ketones (excluding diaryl/α,β-unsaturated/α-hetero) is 1. The van der Waals surface area contributed by atoms with Crippen LogP contribution in [0.5, 0.6) is 5.75 Å². The zero-order chi connectivity index (χ0) is 58.0. The van der Waals surface area contributed by atoms with Crippen molar-refractivity contribution in [3.05, 3.63) is 89.6 Å². The molecule has 4 amide bonds. The average Bonchev–Trinajstić information content (AvgIpc) is 3.40. The van der Waals surface area contributed by atoms with Crippen LogP contribution in [-0.4, -0.2) is 132 Å². The SMILES string of the molecule is CC[C@H]1C[C@H](C)[C@@]2(NC1=O)O[C@@H](C[C@H](O)[C@@H](C)CCC=CC=C(C)[C@@H](O)CC=CC=C[C@@H](O)[C@H](C)[C@@H](O)[C@@H](CCC(C)=O)C(=O)N[C@H](C(=O)N[C@@H](Cc1cccc(O)c1)C(=O)N1CCC[C@@H](C(=O)O)N1)C(C)C)[C@H](C)C=C2C. The topological polar surface area (TPSA) is 284 Å². The van der Waals surface area contributed by atoms with Crippen LogP contribution >= 0.6 is 0 Å². The summed E-state index contributed by atoms with van der Waals surface area (Å²) < 4.78 is 6.70. The number of carboxylic acid groups (broad SMARTS) is 1. The third kappa shape index (κ3) is 18.5. The Labute approximate surface area is 461 Å². The highest BCUT2D eigenvalue weighted by Gasteiger charge is 2.51. The Morgan fingerprint density at radius 3 is 2.33 bits per heavy atom.